The molecule has 0 spiro atoms. The Bertz CT molecular complexity index is 456. The Labute approximate surface area is 115 Å². The Morgan fingerprint density at radius 1 is 1.53 bits per heavy atom. The second kappa shape index (κ2) is 6.09. The molecule has 3 heteroatoms. The Hall–Kier alpha value is -1.51. The molecule has 0 aromatic heterocycles. The lowest BCUT2D eigenvalue weighted by molar-refractivity contribution is -0.117. The van der Waals surface area contributed by atoms with Crippen molar-refractivity contribution in [3.63, 3.8) is 0 Å². The smallest absolute Gasteiger partial charge is 0.224 e. The van der Waals surface area contributed by atoms with E-state index in [0.29, 0.717) is 18.4 Å². The number of amides is 1. The van der Waals surface area contributed by atoms with Crippen molar-refractivity contribution in [1.29, 1.82) is 0 Å². The van der Waals surface area contributed by atoms with Gasteiger partial charge in [0.25, 0.3) is 0 Å². The van der Waals surface area contributed by atoms with E-state index in [1.165, 1.54) is 5.56 Å². The molecule has 0 aliphatic carbocycles. The topological polar surface area (TPSA) is 41.1 Å². The van der Waals surface area contributed by atoms with Crippen LogP contribution in [0.5, 0.6) is 0 Å². The van der Waals surface area contributed by atoms with Gasteiger partial charge in [-0.1, -0.05) is 32.4 Å². The van der Waals surface area contributed by atoms with Crippen LogP contribution in [0.4, 0.5) is 11.4 Å². The van der Waals surface area contributed by atoms with Gasteiger partial charge in [-0.3, -0.25) is 4.79 Å². The van der Waals surface area contributed by atoms with Gasteiger partial charge in [0.1, 0.15) is 0 Å². The van der Waals surface area contributed by atoms with E-state index in [4.69, 9.17) is 0 Å². The molecule has 2 rings (SSSR count). The lowest BCUT2D eigenvalue weighted by Crippen LogP contribution is -2.24. The maximum atomic E-state index is 12.0. The Morgan fingerprint density at radius 2 is 2.32 bits per heavy atom. The highest BCUT2D eigenvalue weighted by molar-refractivity contribution is 5.95. The van der Waals surface area contributed by atoms with Crippen molar-refractivity contribution in [2.75, 3.05) is 10.6 Å². The number of anilines is 2. The van der Waals surface area contributed by atoms with Crippen LogP contribution in [0.25, 0.3) is 0 Å². The van der Waals surface area contributed by atoms with Gasteiger partial charge in [0.05, 0.1) is 11.4 Å². The minimum absolute atomic E-state index is 0.114. The third kappa shape index (κ3) is 3.49. The third-order valence-corrected chi connectivity index (χ3v) is 3.89. The highest BCUT2D eigenvalue weighted by atomic mass is 16.1. The van der Waals surface area contributed by atoms with E-state index in [-0.39, 0.29) is 5.91 Å². The third-order valence-electron chi connectivity index (χ3n) is 3.89. The number of hydrogen-bond donors (Lipinski definition) is 2. The summed E-state index contributed by atoms with van der Waals surface area (Å²) in [6, 6.07) is 6.62. The molecule has 1 aromatic rings. The zero-order chi connectivity index (χ0) is 13.8. The standard InChI is InChI=1S/C16H24N2O/c1-4-11(2)10-15(19)18-14-7-5-6-13-9-8-12(3)17-16(13)14/h5-7,11-12,17H,4,8-10H2,1-3H3,(H,18,19). The van der Waals surface area contributed by atoms with Crippen LogP contribution in [0.1, 0.15) is 45.6 Å². The summed E-state index contributed by atoms with van der Waals surface area (Å²) in [5, 5.41) is 6.54. The zero-order valence-electron chi connectivity index (χ0n) is 12.1. The molecule has 2 N–H and O–H groups in total. The average Bonchev–Trinajstić information content (AvgIpc) is 2.39. The van der Waals surface area contributed by atoms with Gasteiger partial charge >= 0.3 is 0 Å². The van der Waals surface area contributed by atoms with E-state index in [9.17, 15) is 4.79 Å². The van der Waals surface area contributed by atoms with Gasteiger partial charge < -0.3 is 10.6 Å². The first kappa shape index (κ1) is 13.9. The minimum atomic E-state index is 0.114. The molecule has 1 aromatic carbocycles. The first-order valence-corrected chi connectivity index (χ1v) is 7.28. The van der Waals surface area contributed by atoms with Crippen molar-refractivity contribution in [2.24, 2.45) is 5.92 Å². The summed E-state index contributed by atoms with van der Waals surface area (Å²) in [5.74, 6) is 0.550. The molecular weight excluding hydrogens is 236 g/mol. The van der Waals surface area contributed by atoms with Crippen LogP contribution in [0, 0.1) is 5.92 Å². The second-order valence-corrected chi connectivity index (χ2v) is 5.69. The van der Waals surface area contributed by atoms with Gasteiger partial charge in [0.15, 0.2) is 0 Å². The molecule has 19 heavy (non-hydrogen) atoms. The number of fused-ring (bicyclic) bond motifs is 1. The van der Waals surface area contributed by atoms with Crippen LogP contribution in [0.3, 0.4) is 0 Å². The van der Waals surface area contributed by atoms with Crippen LogP contribution >= 0.6 is 0 Å². The fourth-order valence-corrected chi connectivity index (χ4v) is 2.44. The van der Waals surface area contributed by atoms with E-state index in [2.05, 4.69) is 37.5 Å². The van der Waals surface area contributed by atoms with Crippen LogP contribution in [0.15, 0.2) is 18.2 Å². The minimum Gasteiger partial charge on any atom is -0.381 e. The molecule has 3 nitrogen and oxygen atoms in total. The van der Waals surface area contributed by atoms with Crippen molar-refractivity contribution in [2.45, 2.75) is 52.5 Å². The summed E-state index contributed by atoms with van der Waals surface area (Å²) in [6.45, 7) is 6.41. The zero-order valence-corrected chi connectivity index (χ0v) is 12.1. The average molecular weight is 260 g/mol. The number of carbonyl (C=O) groups is 1. The maximum absolute atomic E-state index is 12.0. The van der Waals surface area contributed by atoms with Gasteiger partial charge in [-0.25, -0.2) is 0 Å². The number of carbonyl (C=O) groups excluding carboxylic acids is 1. The van der Waals surface area contributed by atoms with Crippen molar-refractivity contribution < 1.29 is 4.79 Å². The van der Waals surface area contributed by atoms with Crippen LogP contribution in [0.2, 0.25) is 0 Å². The summed E-state index contributed by atoms with van der Waals surface area (Å²) in [6.07, 6.45) is 3.86. The fourth-order valence-electron chi connectivity index (χ4n) is 2.44. The predicted octanol–water partition coefficient (Wildman–Crippen LogP) is 3.81. The number of para-hydroxylation sites is 1. The summed E-state index contributed by atoms with van der Waals surface area (Å²) in [7, 11) is 0. The lowest BCUT2D eigenvalue weighted by atomic mass is 9.98. The van der Waals surface area contributed by atoms with Crippen molar-refractivity contribution >= 4 is 17.3 Å². The maximum Gasteiger partial charge on any atom is 0.224 e. The molecule has 0 radical (unpaired) electrons. The molecule has 0 fully saturated rings. The van der Waals surface area contributed by atoms with Crippen molar-refractivity contribution in [3.05, 3.63) is 23.8 Å². The molecule has 1 aliphatic heterocycles. The van der Waals surface area contributed by atoms with Gasteiger partial charge in [-0.2, -0.15) is 0 Å². The van der Waals surface area contributed by atoms with Gasteiger partial charge in [0.2, 0.25) is 5.91 Å². The van der Waals surface area contributed by atoms with Crippen LogP contribution in [-0.2, 0) is 11.2 Å². The number of aryl methyl sites for hydroxylation is 1. The number of benzene rings is 1. The Balaban J connectivity index is 2.10. The largest absolute Gasteiger partial charge is 0.381 e. The Kier molecular flexibility index (Phi) is 4.46. The Morgan fingerprint density at radius 3 is 3.05 bits per heavy atom. The van der Waals surface area contributed by atoms with E-state index < -0.39 is 0 Å². The van der Waals surface area contributed by atoms with Crippen molar-refractivity contribution in [1.82, 2.24) is 0 Å². The highest BCUT2D eigenvalue weighted by Gasteiger charge is 2.18. The SMILES string of the molecule is CCC(C)CC(=O)Nc1cccc2c1NC(C)CC2. The second-order valence-electron chi connectivity index (χ2n) is 5.69. The summed E-state index contributed by atoms with van der Waals surface area (Å²) >= 11 is 0. The molecule has 1 heterocycles. The summed E-state index contributed by atoms with van der Waals surface area (Å²) < 4.78 is 0. The van der Waals surface area contributed by atoms with Crippen LogP contribution in [-0.4, -0.2) is 11.9 Å². The molecule has 0 bridgehead atoms. The van der Waals surface area contributed by atoms with Gasteiger partial charge in [-0.15, -0.1) is 0 Å². The first-order chi connectivity index (χ1) is 9.10. The van der Waals surface area contributed by atoms with E-state index in [1.54, 1.807) is 0 Å². The molecule has 2 unspecified atom stereocenters. The first-order valence-electron chi connectivity index (χ1n) is 7.28. The van der Waals surface area contributed by atoms with Gasteiger partial charge in [0, 0.05) is 12.5 Å². The van der Waals surface area contributed by atoms with E-state index >= 15 is 0 Å². The van der Waals surface area contributed by atoms with Crippen LogP contribution < -0.4 is 10.6 Å². The highest BCUT2D eigenvalue weighted by Crippen LogP contribution is 2.32. The molecule has 2 atom stereocenters. The molecule has 0 saturated carbocycles. The fraction of sp³-hybridized carbons (Fsp3) is 0.562. The molecule has 1 aliphatic rings. The molecule has 0 saturated heterocycles. The van der Waals surface area contributed by atoms with E-state index in [1.807, 2.05) is 12.1 Å². The van der Waals surface area contributed by atoms with Crippen molar-refractivity contribution in [3.8, 4) is 0 Å². The normalized spacial score (nSPS) is 19.2. The molecule has 104 valence electrons. The molecular formula is C16H24N2O. The number of rotatable bonds is 4. The van der Waals surface area contributed by atoms with E-state index in [0.717, 1.165) is 30.6 Å². The summed E-state index contributed by atoms with van der Waals surface area (Å²) in [5.41, 5.74) is 3.34. The molecule has 1 amide bonds. The number of hydrogen-bond acceptors (Lipinski definition) is 2. The summed E-state index contributed by atoms with van der Waals surface area (Å²) in [4.78, 5) is 12.0. The number of nitrogens with one attached hydrogen (secondary N) is 2. The quantitative estimate of drug-likeness (QED) is 0.864. The lowest BCUT2D eigenvalue weighted by Gasteiger charge is -2.26. The van der Waals surface area contributed by atoms with Gasteiger partial charge in [-0.05, 0) is 37.3 Å². The monoisotopic (exact) mass is 260 g/mol. The predicted molar refractivity (Wildman–Crippen MR) is 80.5 cm³/mol.